The van der Waals surface area contributed by atoms with E-state index in [9.17, 15) is 13.2 Å². The van der Waals surface area contributed by atoms with Gasteiger partial charge in [-0.2, -0.15) is 4.31 Å². The summed E-state index contributed by atoms with van der Waals surface area (Å²) >= 11 is 6.03. The molecular formula is C22H27ClN2O4S. The smallest absolute Gasteiger partial charge is 0.257 e. The highest BCUT2D eigenvalue weighted by Crippen LogP contribution is 2.27. The molecule has 1 amide bonds. The Morgan fingerprint density at radius 1 is 1.00 bits per heavy atom. The summed E-state index contributed by atoms with van der Waals surface area (Å²) in [5.41, 5.74) is 1.40. The minimum Gasteiger partial charge on any atom is -0.496 e. The van der Waals surface area contributed by atoms with Gasteiger partial charge in [-0.05, 0) is 41.3 Å². The van der Waals surface area contributed by atoms with E-state index in [0.29, 0.717) is 29.4 Å². The topological polar surface area (TPSA) is 66.9 Å². The van der Waals surface area contributed by atoms with Gasteiger partial charge in [0.15, 0.2) is 0 Å². The van der Waals surface area contributed by atoms with E-state index in [-0.39, 0.29) is 29.3 Å². The Morgan fingerprint density at radius 3 is 2.13 bits per heavy atom. The fraction of sp³-hybridized carbons (Fsp3) is 0.409. The number of nitrogens with zero attached hydrogens (tertiary/aromatic N) is 2. The van der Waals surface area contributed by atoms with Gasteiger partial charge >= 0.3 is 0 Å². The second-order valence-electron chi connectivity index (χ2n) is 8.32. The molecule has 1 fully saturated rings. The lowest BCUT2D eigenvalue weighted by molar-refractivity contribution is 0.0694. The zero-order chi connectivity index (χ0) is 22.1. The maximum absolute atomic E-state index is 13.0. The highest BCUT2D eigenvalue weighted by Gasteiger charge is 2.31. The van der Waals surface area contributed by atoms with Crippen molar-refractivity contribution in [2.45, 2.75) is 31.1 Å². The average molecular weight is 451 g/mol. The molecule has 1 aliphatic heterocycles. The summed E-state index contributed by atoms with van der Waals surface area (Å²) in [6, 6.07) is 11.9. The molecule has 0 saturated carbocycles. The van der Waals surface area contributed by atoms with Gasteiger partial charge in [-0.25, -0.2) is 8.42 Å². The number of carbonyl (C=O) groups excluding carboxylic acids is 1. The van der Waals surface area contributed by atoms with Gasteiger partial charge in [0.05, 0.1) is 17.6 Å². The lowest BCUT2D eigenvalue weighted by Crippen LogP contribution is -2.50. The monoisotopic (exact) mass is 450 g/mol. The van der Waals surface area contributed by atoms with Crippen LogP contribution in [0.15, 0.2) is 47.4 Å². The Bertz CT molecular complexity index is 1020. The van der Waals surface area contributed by atoms with E-state index in [1.165, 1.54) is 11.4 Å². The third-order valence-corrected chi connectivity index (χ3v) is 7.42. The molecule has 0 radical (unpaired) electrons. The maximum Gasteiger partial charge on any atom is 0.257 e. The molecule has 3 rings (SSSR count). The number of piperazine rings is 1. The van der Waals surface area contributed by atoms with E-state index in [0.717, 1.165) is 5.56 Å². The SMILES string of the molecule is COc1ccc(Cl)cc1C(=O)N1CCN(S(=O)(=O)c2ccc(C(C)(C)C)cc2)CC1. The Hall–Kier alpha value is -2.09. The molecule has 6 nitrogen and oxygen atoms in total. The minimum absolute atomic E-state index is 0.0460. The minimum atomic E-state index is -3.61. The first-order valence-electron chi connectivity index (χ1n) is 9.77. The average Bonchev–Trinajstić information content (AvgIpc) is 2.72. The van der Waals surface area contributed by atoms with Crippen molar-refractivity contribution in [3.63, 3.8) is 0 Å². The molecular weight excluding hydrogens is 424 g/mol. The van der Waals surface area contributed by atoms with Crippen LogP contribution in [0.3, 0.4) is 0 Å². The second kappa shape index (κ2) is 8.57. The van der Waals surface area contributed by atoms with Gasteiger partial charge < -0.3 is 9.64 Å². The molecule has 30 heavy (non-hydrogen) atoms. The number of carbonyl (C=O) groups is 1. The first-order valence-corrected chi connectivity index (χ1v) is 11.6. The molecule has 1 saturated heterocycles. The van der Waals surface area contributed by atoms with Crippen LogP contribution in [0.4, 0.5) is 0 Å². The second-order valence-corrected chi connectivity index (χ2v) is 10.7. The first kappa shape index (κ1) is 22.6. The van der Waals surface area contributed by atoms with Crippen LogP contribution in [0.2, 0.25) is 5.02 Å². The zero-order valence-corrected chi connectivity index (χ0v) is 19.3. The van der Waals surface area contributed by atoms with E-state index in [1.54, 1.807) is 35.2 Å². The van der Waals surface area contributed by atoms with Gasteiger partial charge in [0.1, 0.15) is 5.75 Å². The number of amides is 1. The lowest BCUT2D eigenvalue weighted by Gasteiger charge is -2.34. The van der Waals surface area contributed by atoms with Crippen molar-refractivity contribution >= 4 is 27.5 Å². The van der Waals surface area contributed by atoms with Crippen LogP contribution in [0.25, 0.3) is 0 Å². The molecule has 8 heteroatoms. The van der Waals surface area contributed by atoms with Crippen molar-refractivity contribution in [1.29, 1.82) is 0 Å². The maximum atomic E-state index is 13.0. The zero-order valence-electron chi connectivity index (χ0n) is 17.7. The van der Waals surface area contributed by atoms with Crippen molar-refractivity contribution < 1.29 is 17.9 Å². The predicted octanol–water partition coefficient (Wildman–Crippen LogP) is 3.79. The number of halogens is 1. The van der Waals surface area contributed by atoms with Crippen molar-refractivity contribution in [2.75, 3.05) is 33.3 Å². The molecule has 1 heterocycles. The molecule has 0 spiro atoms. The number of methoxy groups -OCH3 is 1. The number of ether oxygens (including phenoxy) is 1. The van der Waals surface area contributed by atoms with Gasteiger partial charge in [-0.1, -0.05) is 44.5 Å². The third-order valence-electron chi connectivity index (χ3n) is 5.28. The van der Waals surface area contributed by atoms with E-state index in [4.69, 9.17) is 16.3 Å². The van der Waals surface area contributed by atoms with Crippen LogP contribution < -0.4 is 4.74 Å². The van der Waals surface area contributed by atoms with Crippen LogP contribution in [0.1, 0.15) is 36.7 Å². The van der Waals surface area contributed by atoms with E-state index < -0.39 is 10.0 Å². The van der Waals surface area contributed by atoms with E-state index in [2.05, 4.69) is 20.8 Å². The summed E-state index contributed by atoms with van der Waals surface area (Å²) in [5.74, 6) is 0.222. The van der Waals surface area contributed by atoms with Crippen molar-refractivity contribution in [2.24, 2.45) is 0 Å². The number of rotatable bonds is 4. The molecule has 162 valence electrons. The highest BCUT2D eigenvalue weighted by molar-refractivity contribution is 7.89. The van der Waals surface area contributed by atoms with E-state index in [1.807, 2.05) is 12.1 Å². The molecule has 0 aromatic heterocycles. The van der Waals surface area contributed by atoms with Gasteiger partial charge in [0, 0.05) is 31.2 Å². The molecule has 0 bridgehead atoms. The number of benzene rings is 2. The summed E-state index contributed by atoms with van der Waals surface area (Å²) in [5, 5.41) is 0.444. The molecule has 0 N–H and O–H groups in total. The number of hydrogen-bond donors (Lipinski definition) is 0. The first-order chi connectivity index (χ1) is 14.0. The predicted molar refractivity (Wildman–Crippen MR) is 118 cm³/mol. The fourth-order valence-corrected chi connectivity index (χ4v) is 5.02. The lowest BCUT2D eigenvalue weighted by atomic mass is 9.87. The van der Waals surface area contributed by atoms with Gasteiger partial charge in [-0.15, -0.1) is 0 Å². The molecule has 0 atom stereocenters. The summed E-state index contributed by atoms with van der Waals surface area (Å²) in [7, 11) is -2.11. The summed E-state index contributed by atoms with van der Waals surface area (Å²) in [6.07, 6.45) is 0. The third kappa shape index (κ3) is 4.63. The summed E-state index contributed by atoms with van der Waals surface area (Å²) in [4.78, 5) is 14.8. The molecule has 1 aliphatic rings. The van der Waals surface area contributed by atoms with Crippen molar-refractivity contribution in [1.82, 2.24) is 9.21 Å². The highest BCUT2D eigenvalue weighted by atomic mass is 35.5. The fourth-order valence-electron chi connectivity index (χ4n) is 3.43. The Balaban J connectivity index is 1.72. The molecule has 2 aromatic carbocycles. The standard InChI is InChI=1S/C22H27ClN2O4S/c1-22(2,3)16-5-8-18(9-6-16)30(27,28)25-13-11-24(12-14-25)21(26)19-15-17(23)7-10-20(19)29-4/h5-10,15H,11-14H2,1-4H3. The van der Waals surface area contributed by atoms with E-state index >= 15 is 0 Å². The number of hydrogen-bond acceptors (Lipinski definition) is 4. The molecule has 0 unspecified atom stereocenters. The van der Waals surface area contributed by atoms with Gasteiger partial charge in [-0.3, -0.25) is 4.79 Å². The molecule has 0 aliphatic carbocycles. The van der Waals surface area contributed by atoms with Gasteiger partial charge in [0.2, 0.25) is 10.0 Å². The molecule has 2 aromatic rings. The quantitative estimate of drug-likeness (QED) is 0.710. The Morgan fingerprint density at radius 2 is 1.60 bits per heavy atom. The Kier molecular flexibility index (Phi) is 6.45. The summed E-state index contributed by atoms with van der Waals surface area (Å²) in [6.45, 7) is 7.32. The van der Waals surface area contributed by atoms with Crippen LogP contribution in [0.5, 0.6) is 5.75 Å². The van der Waals surface area contributed by atoms with Crippen LogP contribution in [0, 0.1) is 0 Å². The summed E-state index contributed by atoms with van der Waals surface area (Å²) < 4.78 is 32.7. The van der Waals surface area contributed by atoms with Gasteiger partial charge in [0.25, 0.3) is 5.91 Å². The van der Waals surface area contributed by atoms with Crippen molar-refractivity contribution in [3.8, 4) is 5.75 Å². The van der Waals surface area contributed by atoms with Crippen LogP contribution in [-0.2, 0) is 15.4 Å². The normalized spacial score (nSPS) is 15.8. The number of sulfonamides is 1. The largest absolute Gasteiger partial charge is 0.496 e. The van der Waals surface area contributed by atoms with Crippen LogP contribution in [-0.4, -0.2) is 56.8 Å². The Labute approximate surface area is 183 Å². The van der Waals surface area contributed by atoms with Crippen molar-refractivity contribution in [3.05, 3.63) is 58.6 Å². The van der Waals surface area contributed by atoms with Crippen LogP contribution >= 0.6 is 11.6 Å².